The summed E-state index contributed by atoms with van der Waals surface area (Å²) >= 11 is 6.26. The molecular formula is C19H15ClO3. The molecule has 0 aliphatic carbocycles. The lowest BCUT2D eigenvalue weighted by Crippen LogP contribution is -2.08. The maximum absolute atomic E-state index is 12.8. The van der Waals surface area contributed by atoms with E-state index in [1.807, 2.05) is 24.3 Å². The van der Waals surface area contributed by atoms with Gasteiger partial charge in [-0.15, -0.1) is 6.58 Å². The Balaban J connectivity index is 2.42. The lowest BCUT2D eigenvalue weighted by Gasteiger charge is -2.11. The molecular weight excluding hydrogens is 312 g/mol. The van der Waals surface area contributed by atoms with Gasteiger partial charge < -0.3 is 9.15 Å². The minimum absolute atomic E-state index is 0.154. The number of hydrogen-bond donors (Lipinski definition) is 0. The third-order valence-electron chi connectivity index (χ3n) is 3.64. The van der Waals surface area contributed by atoms with Crippen molar-refractivity contribution in [2.75, 3.05) is 7.11 Å². The lowest BCUT2D eigenvalue weighted by atomic mass is 10.1. The Bertz CT molecular complexity index is 941. The van der Waals surface area contributed by atoms with Crippen molar-refractivity contribution in [2.45, 2.75) is 6.42 Å². The fraction of sp³-hybridized carbons (Fsp3) is 0.105. The fourth-order valence-electron chi connectivity index (χ4n) is 2.58. The number of hydrogen-bond acceptors (Lipinski definition) is 3. The third-order valence-corrected chi connectivity index (χ3v) is 3.97. The number of methoxy groups -OCH3 is 1. The fourth-order valence-corrected chi connectivity index (χ4v) is 2.80. The summed E-state index contributed by atoms with van der Waals surface area (Å²) in [5.74, 6) is 0.494. The van der Waals surface area contributed by atoms with Crippen molar-refractivity contribution in [3.05, 3.63) is 75.9 Å². The van der Waals surface area contributed by atoms with E-state index in [2.05, 4.69) is 6.58 Å². The summed E-state index contributed by atoms with van der Waals surface area (Å²) in [5, 5.41) is 0.978. The number of allylic oxidation sites excluding steroid dienone is 1. The van der Waals surface area contributed by atoms with Gasteiger partial charge in [-0.3, -0.25) is 4.79 Å². The topological polar surface area (TPSA) is 39.4 Å². The van der Waals surface area contributed by atoms with Crippen molar-refractivity contribution >= 4 is 22.6 Å². The Labute approximate surface area is 138 Å². The predicted molar refractivity (Wildman–Crippen MR) is 93.4 cm³/mol. The van der Waals surface area contributed by atoms with Crippen molar-refractivity contribution < 1.29 is 9.15 Å². The number of halogens is 1. The highest BCUT2D eigenvalue weighted by Crippen LogP contribution is 2.35. The Morgan fingerprint density at radius 1 is 1.22 bits per heavy atom. The molecule has 0 aliphatic heterocycles. The molecule has 0 radical (unpaired) electrons. The van der Waals surface area contributed by atoms with Gasteiger partial charge in [0.2, 0.25) is 11.2 Å². The highest BCUT2D eigenvalue weighted by molar-refractivity contribution is 6.33. The van der Waals surface area contributed by atoms with Gasteiger partial charge in [-0.25, -0.2) is 0 Å². The van der Waals surface area contributed by atoms with Crippen LogP contribution in [0.5, 0.6) is 5.75 Å². The largest absolute Gasteiger partial charge is 0.490 e. The van der Waals surface area contributed by atoms with E-state index in [0.29, 0.717) is 33.7 Å². The van der Waals surface area contributed by atoms with Crippen LogP contribution in [0.3, 0.4) is 0 Å². The van der Waals surface area contributed by atoms with Crippen molar-refractivity contribution in [2.24, 2.45) is 0 Å². The van der Waals surface area contributed by atoms with E-state index in [9.17, 15) is 4.79 Å². The molecule has 2 aromatic carbocycles. The number of rotatable bonds is 4. The average molecular weight is 327 g/mol. The summed E-state index contributed by atoms with van der Waals surface area (Å²) in [4.78, 5) is 12.8. The SMILES string of the molecule is C=CCc1cccc2c(=O)c(OC)c(-c3ccccc3Cl)oc12. The van der Waals surface area contributed by atoms with E-state index in [-0.39, 0.29) is 11.2 Å². The summed E-state index contributed by atoms with van der Waals surface area (Å²) in [7, 11) is 1.45. The first-order chi connectivity index (χ1) is 11.2. The van der Waals surface area contributed by atoms with Gasteiger partial charge in [0.25, 0.3) is 0 Å². The van der Waals surface area contributed by atoms with Crippen LogP contribution in [0.1, 0.15) is 5.56 Å². The molecule has 0 bridgehead atoms. The van der Waals surface area contributed by atoms with E-state index in [1.54, 1.807) is 24.3 Å². The molecule has 0 N–H and O–H groups in total. The molecule has 0 unspecified atom stereocenters. The zero-order chi connectivity index (χ0) is 16.4. The van der Waals surface area contributed by atoms with Crippen LogP contribution in [-0.2, 0) is 6.42 Å². The maximum atomic E-state index is 12.8. The molecule has 0 aliphatic rings. The van der Waals surface area contributed by atoms with Crippen molar-refractivity contribution in [3.8, 4) is 17.1 Å². The van der Waals surface area contributed by atoms with Gasteiger partial charge in [-0.05, 0) is 30.2 Å². The van der Waals surface area contributed by atoms with Crippen LogP contribution in [0.25, 0.3) is 22.3 Å². The monoisotopic (exact) mass is 326 g/mol. The molecule has 3 rings (SSSR count). The van der Waals surface area contributed by atoms with E-state index in [4.69, 9.17) is 20.8 Å². The second kappa shape index (κ2) is 6.31. The summed E-state index contributed by atoms with van der Waals surface area (Å²) in [6.45, 7) is 3.75. The molecule has 0 saturated carbocycles. The van der Waals surface area contributed by atoms with Gasteiger partial charge >= 0.3 is 0 Å². The van der Waals surface area contributed by atoms with Crippen LogP contribution in [0.4, 0.5) is 0 Å². The average Bonchev–Trinajstić information content (AvgIpc) is 2.56. The standard InChI is InChI=1S/C19H15ClO3/c1-3-7-12-8-6-10-14-16(21)19(22-2)18(23-17(12)14)13-9-4-5-11-15(13)20/h3-6,8-11H,1,7H2,2H3. The molecule has 1 heterocycles. The van der Waals surface area contributed by atoms with E-state index in [1.165, 1.54) is 7.11 Å². The van der Waals surface area contributed by atoms with E-state index >= 15 is 0 Å². The smallest absolute Gasteiger partial charge is 0.235 e. The second-order valence-electron chi connectivity index (χ2n) is 5.06. The Hall–Kier alpha value is -2.52. The molecule has 0 saturated heterocycles. The number of ether oxygens (including phenoxy) is 1. The summed E-state index contributed by atoms with van der Waals surface area (Å²) in [6.07, 6.45) is 2.38. The first-order valence-corrected chi connectivity index (χ1v) is 7.53. The molecule has 116 valence electrons. The minimum Gasteiger partial charge on any atom is -0.490 e. The zero-order valence-electron chi connectivity index (χ0n) is 12.6. The van der Waals surface area contributed by atoms with E-state index < -0.39 is 0 Å². The minimum atomic E-state index is -0.213. The van der Waals surface area contributed by atoms with Crippen molar-refractivity contribution in [3.63, 3.8) is 0 Å². The Morgan fingerprint density at radius 3 is 2.70 bits per heavy atom. The van der Waals surface area contributed by atoms with Crippen LogP contribution < -0.4 is 10.2 Å². The van der Waals surface area contributed by atoms with Gasteiger partial charge in [0.1, 0.15) is 5.58 Å². The summed E-state index contributed by atoms with van der Waals surface area (Å²) in [6, 6.07) is 12.7. The molecule has 1 aromatic heterocycles. The van der Waals surface area contributed by atoms with Gasteiger partial charge in [0.05, 0.1) is 17.5 Å². The zero-order valence-corrected chi connectivity index (χ0v) is 13.4. The highest BCUT2D eigenvalue weighted by Gasteiger charge is 2.19. The van der Waals surface area contributed by atoms with Gasteiger partial charge in [-0.1, -0.05) is 41.9 Å². The number of benzene rings is 2. The van der Waals surface area contributed by atoms with Gasteiger partial charge in [-0.2, -0.15) is 0 Å². The molecule has 0 spiro atoms. The van der Waals surface area contributed by atoms with Crippen LogP contribution in [0, 0.1) is 0 Å². The quantitative estimate of drug-likeness (QED) is 0.643. The Morgan fingerprint density at radius 2 is 2.00 bits per heavy atom. The highest BCUT2D eigenvalue weighted by atomic mass is 35.5. The molecule has 0 atom stereocenters. The molecule has 3 aromatic rings. The van der Waals surface area contributed by atoms with Gasteiger partial charge in [0, 0.05) is 5.56 Å². The Kier molecular flexibility index (Phi) is 4.22. The van der Waals surface area contributed by atoms with E-state index in [0.717, 1.165) is 5.56 Å². The van der Waals surface area contributed by atoms with Crippen LogP contribution in [0.2, 0.25) is 5.02 Å². The summed E-state index contributed by atoms with van der Waals surface area (Å²) < 4.78 is 11.4. The maximum Gasteiger partial charge on any atom is 0.235 e. The molecule has 3 nitrogen and oxygen atoms in total. The lowest BCUT2D eigenvalue weighted by molar-refractivity contribution is 0.398. The summed E-state index contributed by atoms with van der Waals surface area (Å²) in [5.41, 5.74) is 1.84. The molecule has 4 heteroatoms. The van der Waals surface area contributed by atoms with Crippen LogP contribution in [0.15, 0.2) is 64.3 Å². The number of fused-ring (bicyclic) bond motifs is 1. The normalized spacial score (nSPS) is 10.7. The van der Waals surface area contributed by atoms with Gasteiger partial charge in [0.15, 0.2) is 5.76 Å². The molecule has 23 heavy (non-hydrogen) atoms. The first kappa shape index (κ1) is 15.4. The molecule has 0 fully saturated rings. The molecule has 0 amide bonds. The predicted octanol–water partition coefficient (Wildman–Crippen LogP) is 4.85. The van der Waals surface area contributed by atoms with Crippen molar-refractivity contribution in [1.82, 2.24) is 0 Å². The second-order valence-corrected chi connectivity index (χ2v) is 5.47. The third kappa shape index (κ3) is 2.64. The van der Waals surface area contributed by atoms with Crippen LogP contribution >= 0.6 is 11.6 Å². The first-order valence-electron chi connectivity index (χ1n) is 7.16. The number of para-hydroxylation sites is 1. The van der Waals surface area contributed by atoms with Crippen molar-refractivity contribution in [1.29, 1.82) is 0 Å². The van der Waals surface area contributed by atoms with Crippen LogP contribution in [-0.4, -0.2) is 7.11 Å².